The monoisotopic (exact) mass is 647 g/mol. The van der Waals surface area contributed by atoms with E-state index in [9.17, 15) is 18.0 Å². The van der Waals surface area contributed by atoms with Crippen LogP contribution in [0.3, 0.4) is 0 Å². The van der Waals surface area contributed by atoms with Crippen LogP contribution in [0.2, 0.25) is 5.02 Å². The van der Waals surface area contributed by atoms with Crippen LogP contribution in [0, 0.1) is 13.8 Å². The molecule has 0 radical (unpaired) electrons. The molecule has 0 bridgehead atoms. The summed E-state index contributed by atoms with van der Waals surface area (Å²) in [5.74, 6) is -0.687. The minimum atomic E-state index is -4.30. The van der Waals surface area contributed by atoms with Gasteiger partial charge in [0.25, 0.3) is 10.0 Å². The van der Waals surface area contributed by atoms with Gasteiger partial charge in [-0.05, 0) is 62.2 Å². The highest BCUT2D eigenvalue weighted by Gasteiger charge is 2.35. The smallest absolute Gasteiger partial charge is 0.264 e. The summed E-state index contributed by atoms with van der Waals surface area (Å²) >= 11 is 6.35. The Morgan fingerprint density at radius 1 is 0.867 bits per heavy atom. The van der Waals surface area contributed by atoms with Gasteiger partial charge in [-0.2, -0.15) is 0 Å². The predicted molar refractivity (Wildman–Crippen MR) is 178 cm³/mol. The van der Waals surface area contributed by atoms with Crippen LogP contribution in [0.1, 0.15) is 29.2 Å². The SMILES string of the molecule is CCNC(=O)C(Cc1ccccc1)N(Cc1ccc(C)cc1)C(=O)CN(c1cc(Cl)ccc1OC)S(=O)(=O)c1ccc(C)cc1. The van der Waals surface area contributed by atoms with Gasteiger partial charge in [0.2, 0.25) is 11.8 Å². The number of hydrogen-bond donors (Lipinski definition) is 1. The molecule has 4 rings (SSSR count). The highest BCUT2D eigenvalue weighted by atomic mass is 35.5. The van der Waals surface area contributed by atoms with Gasteiger partial charge in [-0.25, -0.2) is 8.42 Å². The van der Waals surface area contributed by atoms with Gasteiger partial charge in [0.05, 0.1) is 17.7 Å². The molecule has 0 saturated heterocycles. The van der Waals surface area contributed by atoms with Gasteiger partial charge < -0.3 is 15.0 Å². The Balaban J connectivity index is 1.84. The van der Waals surface area contributed by atoms with E-state index in [4.69, 9.17) is 16.3 Å². The number of ether oxygens (including phenoxy) is 1. The number of nitrogens with zero attached hydrogens (tertiary/aromatic N) is 2. The fourth-order valence-corrected chi connectivity index (χ4v) is 6.53. The lowest BCUT2D eigenvalue weighted by atomic mass is 10.0. The van der Waals surface area contributed by atoms with Crippen molar-refractivity contribution in [1.82, 2.24) is 10.2 Å². The summed E-state index contributed by atoms with van der Waals surface area (Å²) in [6, 6.07) is 27.1. The van der Waals surface area contributed by atoms with E-state index in [1.54, 1.807) is 24.3 Å². The molecule has 0 aromatic heterocycles. The molecule has 1 atom stereocenters. The molecule has 0 aliphatic rings. The fraction of sp³-hybridized carbons (Fsp3) is 0.257. The quantitative estimate of drug-likeness (QED) is 0.194. The first kappa shape index (κ1) is 33.6. The second-order valence-electron chi connectivity index (χ2n) is 10.7. The molecule has 0 aliphatic carbocycles. The molecule has 4 aromatic carbocycles. The Hall–Kier alpha value is -4.34. The number of benzene rings is 4. The van der Waals surface area contributed by atoms with E-state index < -0.39 is 28.5 Å². The Morgan fingerprint density at radius 2 is 1.49 bits per heavy atom. The molecule has 0 saturated carbocycles. The number of halogens is 1. The number of sulfonamides is 1. The Morgan fingerprint density at radius 3 is 2.09 bits per heavy atom. The molecule has 10 heteroatoms. The van der Waals surface area contributed by atoms with Gasteiger partial charge in [0, 0.05) is 24.5 Å². The third kappa shape index (κ3) is 8.44. The number of anilines is 1. The maximum absolute atomic E-state index is 14.5. The molecule has 0 spiro atoms. The number of aryl methyl sites for hydroxylation is 2. The maximum Gasteiger partial charge on any atom is 0.264 e. The largest absolute Gasteiger partial charge is 0.495 e. The summed E-state index contributed by atoms with van der Waals surface area (Å²) in [5.41, 5.74) is 3.68. The van der Waals surface area contributed by atoms with Crippen molar-refractivity contribution in [3.05, 3.63) is 124 Å². The van der Waals surface area contributed by atoms with E-state index in [-0.39, 0.29) is 40.2 Å². The first-order valence-electron chi connectivity index (χ1n) is 14.6. The minimum absolute atomic E-state index is 0.00225. The zero-order chi connectivity index (χ0) is 32.6. The molecule has 2 amide bonds. The van der Waals surface area contributed by atoms with Gasteiger partial charge in [0.1, 0.15) is 18.3 Å². The summed E-state index contributed by atoms with van der Waals surface area (Å²) < 4.78 is 35.0. The van der Waals surface area contributed by atoms with E-state index in [1.165, 1.54) is 30.2 Å². The number of amides is 2. The lowest BCUT2D eigenvalue weighted by molar-refractivity contribution is -0.140. The van der Waals surface area contributed by atoms with Crippen LogP contribution in [-0.4, -0.2) is 51.4 Å². The molecule has 8 nitrogen and oxygen atoms in total. The summed E-state index contributed by atoms with van der Waals surface area (Å²) in [6.07, 6.45) is 0.232. The summed E-state index contributed by atoms with van der Waals surface area (Å²) in [4.78, 5) is 29.6. The van der Waals surface area contributed by atoms with Crippen molar-refractivity contribution in [3.8, 4) is 5.75 Å². The number of carbonyl (C=O) groups excluding carboxylic acids is 2. The molecule has 0 heterocycles. The van der Waals surface area contributed by atoms with Crippen molar-refractivity contribution in [1.29, 1.82) is 0 Å². The Bertz CT molecular complexity index is 1710. The minimum Gasteiger partial charge on any atom is -0.495 e. The maximum atomic E-state index is 14.5. The van der Waals surface area contributed by atoms with E-state index >= 15 is 0 Å². The topological polar surface area (TPSA) is 96.0 Å². The highest BCUT2D eigenvalue weighted by Crippen LogP contribution is 2.35. The zero-order valence-corrected chi connectivity index (χ0v) is 27.4. The molecular formula is C35H38ClN3O5S. The van der Waals surface area contributed by atoms with Crippen molar-refractivity contribution in [2.75, 3.05) is 24.5 Å². The predicted octanol–water partition coefficient (Wildman–Crippen LogP) is 5.94. The molecule has 1 unspecified atom stereocenters. The summed E-state index contributed by atoms with van der Waals surface area (Å²) in [6.45, 7) is 5.47. The van der Waals surface area contributed by atoms with Crippen LogP contribution in [0.25, 0.3) is 0 Å². The highest BCUT2D eigenvalue weighted by molar-refractivity contribution is 7.92. The molecule has 0 fully saturated rings. The number of likely N-dealkylation sites (N-methyl/N-ethyl adjacent to an activating group) is 1. The Kier molecular flexibility index (Phi) is 11.3. The molecule has 1 N–H and O–H groups in total. The van der Waals surface area contributed by atoms with Crippen LogP contribution in [0.15, 0.2) is 102 Å². The van der Waals surface area contributed by atoms with Crippen molar-refractivity contribution >= 4 is 39.1 Å². The average molecular weight is 648 g/mol. The normalized spacial score (nSPS) is 11.8. The average Bonchev–Trinajstić information content (AvgIpc) is 3.03. The molecular weight excluding hydrogens is 610 g/mol. The number of carbonyl (C=O) groups is 2. The van der Waals surface area contributed by atoms with Crippen LogP contribution in [0.4, 0.5) is 5.69 Å². The molecule has 4 aromatic rings. The Labute approximate surface area is 270 Å². The lowest BCUT2D eigenvalue weighted by Crippen LogP contribution is -2.53. The van der Waals surface area contributed by atoms with Gasteiger partial charge in [-0.1, -0.05) is 89.5 Å². The molecule has 236 valence electrons. The number of methoxy groups -OCH3 is 1. The lowest BCUT2D eigenvalue weighted by Gasteiger charge is -2.34. The standard InChI is InChI=1S/C35H38ClN3O5S/c1-5-37-35(41)32(21-27-9-7-6-8-10-27)38(23-28-15-11-25(2)12-16-28)34(40)24-39(31-22-29(36)17-20-33(31)44-4)45(42,43)30-18-13-26(3)14-19-30/h6-20,22,32H,5,21,23-24H2,1-4H3,(H,37,41). The van der Waals surface area contributed by atoms with Gasteiger partial charge in [0.15, 0.2) is 0 Å². The second-order valence-corrected chi connectivity index (χ2v) is 13.0. The van der Waals surface area contributed by atoms with Crippen molar-refractivity contribution < 1.29 is 22.7 Å². The van der Waals surface area contributed by atoms with Crippen molar-refractivity contribution in [3.63, 3.8) is 0 Å². The summed E-state index contributed by atoms with van der Waals surface area (Å²) in [7, 11) is -2.88. The van der Waals surface area contributed by atoms with E-state index in [1.807, 2.05) is 75.4 Å². The van der Waals surface area contributed by atoms with Gasteiger partial charge in [-0.15, -0.1) is 0 Å². The first-order chi connectivity index (χ1) is 21.5. The van der Waals surface area contributed by atoms with Crippen molar-refractivity contribution in [2.24, 2.45) is 0 Å². The molecule has 45 heavy (non-hydrogen) atoms. The summed E-state index contributed by atoms with van der Waals surface area (Å²) in [5, 5.41) is 3.13. The number of rotatable bonds is 13. The van der Waals surface area contributed by atoms with Gasteiger partial charge in [-0.3, -0.25) is 13.9 Å². The van der Waals surface area contributed by atoms with Crippen LogP contribution >= 0.6 is 11.6 Å². The van der Waals surface area contributed by atoms with Gasteiger partial charge >= 0.3 is 0 Å². The van der Waals surface area contributed by atoms with Crippen LogP contribution in [0.5, 0.6) is 5.75 Å². The van der Waals surface area contributed by atoms with Crippen molar-refractivity contribution in [2.45, 2.75) is 44.7 Å². The van der Waals surface area contributed by atoms with E-state index in [0.717, 1.165) is 26.6 Å². The third-order valence-corrected chi connectivity index (χ3v) is 9.40. The third-order valence-electron chi connectivity index (χ3n) is 7.39. The number of nitrogens with one attached hydrogen (secondary N) is 1. The van der Waals surface area contributed by atoms with E-state index in [0.29, 0.717) is 6.54 Å². The van der Waals surface area contributed by atoms with Crippen LogP contribution < -0.4 is 14.4 Å². The first-order valence-corrected chi connectivity index (χ1v) is 16.4. The second kappa shape index (κ2) is 15.1. The van der Waals surface area contributed by atoms with Crippen LogP contribution in [-0.2, 0) is 32.6 Å². The molecule has 0 aliphatic heterocycles. The van der Waals surface area contributed by atoms with E-state index in [2.05, 4.69) is 5.32 Å². The fourth-order valence-electron chi connectivity index (χ4n) is 4.95. The zero-order valence-electron chi connectivity index (χ0n) is 25.9. The number of hydrogen-bond acceptors (Lipinski definition) is 5.